The second kappa shape index (κ2) is 10.1. The lowest BCUT2D eigenvalue weighted by molar-refractivity contribution is 0.394. The molecule has 4 aromatic rings. The number of rotatable bonds is 8. The molecular formula is C25H23ClN4O2. The Morgan fingerprint density at radius 2 is 1.66 bits per heavy atom. The Morgan fingerprint density at radius 3 is 2.38 bits per heavy atom. The van der Waals surface area contributed by atoms with Crippen molar-refractivity contribution in [2.75, 3.05) is 26.1 Å². The number of methoxy groups -OCH3 is 2. The summed E-state index contributed by atoms with van der Waals surface area (Å²) in [7, 11) is 3.26. The van der Waals surface area contributed by atoms with E-state index in [9.17, 15) is 0 Å². The molecule has 0 unspecified atom stereocenters. The molecule has 0 aliphatic carbocycles. The molecule has 0 saturated carbocycles. The van der Waals surface area contributed by atoms with Crippen LogP contribution in [0.15, 0.2) is 60.9 Å². The van der Waals surface area contributed by atoms with Gasteiger partial charge in [0.05, 0.1) is 19.7 Å². The van der Waals surface area contributed by atoms with Crippen molar-refractivity contribution in [1.29, 1.82) is 0 Å². The van der Waals surface area contributed by atoms with Gasteiger partial charge in [0.1, 0.15) is 17.3 Å². The highest BCUT2D eigenvalue weighted by molar-refractivity contribution is 6.31. The maximum Gasteiger partial charge on any atom is 0.154 e. The van der Waals surface area contributed by atoms with Crippen LogP contribution in [0.2, 0.25) is 5.02 Å². The van der Waals surface area contributed by atoms with Crippen molar-refractivity contribution in [1.82, 2.24) is 15.0 Å². The van der Waals surface area contributed by atoms with Crippen LogP contribution in [0.3, 0.4) is 0 Å². The molecule has 0 aliphatic rings. The van der Waals surface area contributed by atoms with Gasteiger partial charge in [-0.05, 0) is 66.1 Å². The van der Waals surface area contributed by atoms with Crippen LogP contribution < -0.4 is 14.8 Å². The first-order chi connectivity index (χ1) is 15.6. The molecule has 0 radical (unpaired) electrons. The van der Waals surface area contributed by atoms with Gasteiger partial charge < -0.3 is 14.8 Å². The highest BCUT2D eigenvalue weighted by atomic mass is 35.5. The number of nitrogens with zero attached hydrogens (tertiary/aromatic N) is 3. The standard InChI is InChI=1S/C25H23ClN4O2/c1-31-20-13-18(14-21(16-20)32-2)3-6-24-29-23-5-4-19(26)15-22(23)25(30-24)28-12-9-17-7-10-27-11-8-17/h3-8,10-11,13-16H,9,12H2,1-2H3,(H,28,29,30)/b6-3+. The van der Waals surface area contributed by atoms with E-state index >= 15 is 0 Å². The number of hydrogen-bond donors (Lipinski definition) is 1. The SMILES string of the molecule is COc1cc(/C=C/c2nc(NCCc3ccncc3)c3cc(Cl)ccc3n2)cc(OC)c1. The molecule has 0 aliphatic heterocycles. The molecule has 7 heteroatoms. The summed E-state index contributed by atoms with van der Waals surface area (Å²) in [6.07, 6.45) is 8.25. The van der Waals surface area contributed by atoms with Crippen LogP contribution in [0.5, 0.6) is 11.5 Å². The van der Waals surface area contributed by atoms with E-state index in [-0.39, 0.29) is 0 Å². The Bertz CT molecular complexity index is 1220. The number of benzene rings is 2. The normalized spacial score (nSPS) is 11.1. The molecule has 0 fully saturated rings. The number of halogens is 1. The van der Waals surface area contributed by atoms with Crippen molar-refractivity contribution in [2.45, 2.75) is 6.42 Å². The summed E-state index contributed by atoms with van der Waals surface area (Å²) in [6, 6.07) is 15.3. The van der Waals surface area contributed by atoms with Crippen molar-refractivity contribution in [3.63, 3.8) is 0 Å². The molecule has 32 heavy (non-hydrogen) atoms. The molecule has 2 heterocycles. The Morgan fingerprint density at radius 1 is 0.906 bits per heavy atom. The smallest absolute Gasteiger partial charge is 0.154 e. The number of pyridine rings is 1. The van der Waals surface area contributed by atoms with E-state index < -0.39 is 0 Å². The minimum Gasteiger partial charge on any atom is -0.497 e. The summed E-state index contributed by atoms with van der Waals surface area (Å²) in [5, 5.41) is 4.96. The highest BCUT2D eigenvalue weighted by Crippen LogP contribution is 2.26. The second-order valence-electron chi connectivity index (χ2n) is 7.10. The van der Waals surface area contributed by atoms with Gasteiger partial charge in [-0.3, -0.25) is 4.98 Å². The summed E-state index contributed by atoms with van der Waals surface area (Å²) in [4.78, 5) is 13.5. The van der Waals surface area contributed by atoms with Crippen LogP contribution in [0, 0.1) is 0 Å². The summed E-state index contributed by atoms with van der Waals surface area (Å²) in [5.41, 5.74) is 2.95. The third kappa shape index (κ3) is 5.34. The van der Waals surface area contributed by atoms with E-state index in [0.717, 1.165) is 46.7 Å². The number of ether oxygens (including phenoxy) is 2. The summed E-state index contributed by atoms with van der Waals surface area (Å²) in [6.45, 7) is 0.721. The lowest BCUT2D eigenvalue weighted by Crippen LogP contribution is -2.08. The molecule has 2 aromatic heterocycles. The maximum atomic E-state index is 6.23. The number of hydrogen-bond acceptors (Lipinski definition) is 6. The van der Waals surface area contributed by atoms with Crippen LogP contribution in [-0.4, -0.2) is 35.7 Å². The van der Waals surface area contributed by atoms with Crippen LogP contribution in [0.25, 0.3) is 23.1 Å². The zero-order chi connectivity index (χ0) is 22.3. The minimum atomic E-state index is 0.591. The lowest BCUT2D eigenvalue weighted by atomic mass is 10.1. The van der Waals surface area contributed by atoms with Gasteiger partial charge in [-0.1, -0.05) is 17.7 Å². The van der Waals surface area contributed by atoms with Gasteiger partial charge in [0.25, 0.3) is 0 Å². The van der Waals surface area contributed by atoms with E-state index in [1.165, 1.54) is 5.56 Å². The molecule has 0 saturated heterocycles. The lowest BCUT2D eigenvalue weighted by Gasteiger charge is -2.10. The summed E-state index contributed by atoms with van der Waals surface area (Å²) < 4.78 is 10.7. The Hall–Kier alpha value is -3.64. The Labute approximate surface area is 191 Å². The van der Waals surface area contributed by atoms with Crippen LogP contribution in [-0.2, 0) is 6.42 Å². The maximum absolute atomic E-state index is 6.23. The predicted octanol–water partition coefficient (Wildman–Crippen LogP) is 5.52. The molecular weight excluding hydrogens is 424 g/mol. The van der Waals surface area contributed by atoms with Crippen molar-refractivity contribution in [3.05, 3.63) is 82.9 Å². The van der Waals surface area contributed by atoms with Crippen molar-refractivity contribution in [3.8, 4) is 11.5 Å². The van der Waals surface area contributed by atoms with Crippen LogP contribution in [0.1, 0.15) is 17.0 Å². The molecule has 2 aromatic carbocycles. The molecule has 0 atom stereocenters. The van der Waals surface area contributed by atoms with Crippen LogP contribution in [0.4, 0.5) is 5.82 Å². The largest absolute Gasteiger partial charge is 0.497 e. The first-order valence-corrected chi connectivity index (χ1v) is 10.5. The fraction of sp³-hybridized carbons (Fsp3) is 0.160. The third-order valence-electron chi connectivity index (χ3n) is 4.93. The first-order valence-electron chi connectivity index (χ1n) is 10.2. The highest BCUT2D eigenvalue weighted by Gasteiger charge is 2.08. The van der Waals surface area contributed by atoms with Gasteiger partial charge in [-0.15, -0.1) is 0 Å². The summed E-state index contributed by atoms with van der Waals surface area (Å²) in [5.74, 6) is 2.77. The Kier molecular flexibility index (Phi) is 6.82. The molecule has 4 rings (SSSR count). The van der Waals surface area contributed by atoms with Gasteiger partial charge in [0.15, 0.2) is 5.82 Å². The van der Waals surface area contributed by atoms with E-state index in [4.69, 9.17) is 26.1 Å². The minimum absolute atomic E-state index is 0.591. The monoisotopic (exact) mass is 446 g/mol. The number of fused-ring (bicyclic) bond motifs is 1. The number of nitrogens with one attached hydrogen (secondary N) is 1. The van der Waals surface area contributed by atoms with E-state index in [2.05, 4.69) is 15.3 Å². The molecule has 0 bridgehead atoms. The second-order valence-corrected chi connectivity index (χ2v) is 7.54. The van der Waals surface area contributed by atoms with Crippen molar-refractivity contribution in [2.24, 2.45) is 0 Å². The van der Waals surface area contributed by atoms with Crippen molar-refractivity contribution >= 4 is 40.5 Å². The average Bonchev–Trinajstić information content (AvgIpc) is 2.83. The van der Waals surface area contributed by atoms with Gasteiger partial charge >= 0.3 is 0 Å². The predicted molar refractivity (Wildman–Crippen MR) is 129 cm³/mol. The third-order valence-corrected chi connectivity index (χ3v) is 5.16. The molecule has 0 spiro atoms. The first kappa shape index (κ1) is 21.6. The summed E-state index contributed by atoms with van der Waals surface area (Å²) >= 11 is 6.23. The average molecular weight is 447 g/mol. The zero-order valence-corrected chi connectivity index (χ0v) is 18.6. The van der Waals surface area contributed by atoms with Crippen molar-refractivity contribution < 1.29 is 9.47 Å². The fourth-order valence-corrected chi connectivity index (χ4v) is 3.47. The Balaban J connectivity index is 1.62. The molecule has 6 nitrogen and oxygen atoms in total. The van der Waals surface area contributed by atoms with Gasteiger partial charge in [0.2, 0.25) is 0 Å². The van der Waals surface area contributed by atoms with Crippen LogP contribution >= 0.6 is 11.6 Å². The quantitative estimate of drug-likeness (QED) is 0.384. The molecule has 1 N–H and O–H groups in total. The number of anilines is 1. The molecule has 162 valence electrons. The number of aromatic nitrogens is 3. The van der Waals surface area contributed by atoms with E-state index in [1.807, 2.05) is 60.7 Å². The zero-order valence-electron chi connectivity index (χ0n) is 17.9. The van der Waals surface area contributed by atoms with E-state index in [0.29, 0.717) is 10.8 Å². The topological polar surface area (TPSA) is 69.2 Å². The van der Waals surface area contributed by atoms with Gasteiger partial charge in [-0.2, -0.15) is 0 Å². The van der Waals surface area contributed by atoms with Gasteiger partial charge in [-0.25, -0.2) is 9.97 Å². The fourth-order valence-electron chi connectivity index (χ4n) is 3.30. The molecule has 0 amide bonds. The van der Waals surface area contributed by atoms with E-state index in [1.54, 1.807) is 26.6 Å². The van der Waals surface area contributed by atoms with Gasteiger partial charge in [0, 0.05) is 35.4 Å².